The highest BCUT2D eigenvalue weighted by atomic mass is 35.5. The molecule has 6 nitrogen and oxygen atoms in total. The van der Waals surface area contributed by atoms with Crippen LogP contribution in [0.1, 0.15) is 28.4 Å². The normalized spacial score (nSPS) is 14.3. The van der Waals surface area contributed by atoms with Crippen LogP contribution in [0.5, 0.6) is 11.5 Å². The SMILES string of the molecule is CCOc1cc(/C=C2\SC(=S)N(NC(=O)c3ccc(Cl)cc3)C2=O)ccc1OCc1ccccc1. The Morgan fingerprint density at radius 1 is 1.06 bits per heavy atom. The van der Waals surface area contributed by atoms with Crippen molar-refractivity contribution in [3.8, 4) is 11.5 Å². The molecule has 3 aromatic rings. The number of carbonyl (C=O) groups is 2. The number of halogens is 1. The predicted molar refractivity (Wildman–Crippen MR) is 142 cm³/mol. The van der Waals surface area contributed by atoms with Crippen molar-refractivity contribution in [1.29, 1.82) is 0 Å². The maximum atomic E-state index is 12.9. The Balaban J connectivity index is 1.48. The zero-order chi connectivity index (χ0) is 24.8. The lowest BCUT2D eigenvalue weighted by molar-refractivity contribution is -0.123. The van der Waals surface area contributed by atoms with Crippen LogP contribution in [-0.4, -0.2) is 27.8 Å². The van der Waals surface area contributed by atoms with Crippen LogP contribution in [0.15, 0.2) is 77.7 Å². The number of benzene rings is 3. The summed E-state index contributed by atoms with van der Waals surface area (Å²) < 4.78 is 11.9. The summed E-state index contributed by atoms with van der Waals surface area (Å²) >= 11 is 12.3. The molecule has 0 spiro atoms. The van der Waals surface area contributed by atoms with Crippen molar-refractivity contribution >= 4 is 57.8 Å². The number of nitrogens with one attached hydrogen (secondary N) is 1. The minimum absolute atomic E-state index is 0.233. The van der Waals surface area contributed by atoms with Crippen molar-refractivity contribution < 1.29 is 19.1 Å². The average molecular weight is 525 g/mol. The number of hydrazine groups is 1. The lowest BCUT2D eigenvalue weighted by atomic mass is 10.1. The fraction of sp³-hybridized carbons (Fsp3) is 0.115. The first-order valence-electron chi connectivity index (χ1n) is 10.7. The first-order valence-corrected chi connectivity index (χ1v) is 12.3. The van der Waals surface area contributed by atoms with E-state index in [4.69, 9.17) is 33.3 Å². The molecule has 1 aliphatic rings. The number of carbonyl (C=O) groups excluding carboxylic acids is 2. The highest BCUT2D eigenvalue weighted by Crippen LogP contribution is 2.34. The van der Waals surface area contributed by atoms with Gasteiger partial charge >= 0.3 is 0 Å². The summed E-state index contributed by atoms with van der Waals surface area (Å²) in [5.74, 6) is 0.307. The minimum atomic E-state index is -0.460. The van der Waals surface area contributed by atoms with Crippen molar-refractivity contribution in [3.05, 3.63) is 99.4 Å². The maximum absolute atomic E-state index is 12.9. The minimum Gasteiger partial charge on any atom is -0.490 e. The molecule has 2 amide bonds. The third-order valence-corrected chi connectivity index (χ3v) is 6.47. The second-order valence-corrected chi connectivity index (χ2v) is 9.49. The molecule has 1 N–H and O–H groups in total. The molecule has 0 atom stereocenters. The summed E-state index contributed by atoms with van der Waals surface area (Å²) in [5, 5.41) is 1.59. The van der Waals surface area contributed by atoms with Crippen molar-refractivity contribution in [2.45, 2.75) is 13.5 Å². The quantitative estimate of drug-likeness (QED) is 0.294. The van der Waals surface area contributed by atoms with Gasteiger partial charge in [0.25, 0.3) is 11.8 Å². The molecule has 3 aromatic carbocycles. The summed E-state index contributed by atoms with van der Waals surface area (Å²) in [7, 11) is 0. The summed E-state index contributed by atoms with van der Waals surface area (Å²) in [6.45, 7) is 2.76. The topological polar surface area (TPSA) is 67.9 Å². The molecular weight excluding hydrogens is 504 g/mol. The smallest absolute Gasteiger partial charge is 0.285 e. The zero-order valence-corrected chi connectivity index (χ0v) is 21.1. The van der Waals surface area contributed by atoms with Gasteiger partial charge in [-0.2, -0.15) is 5.01 Å². The monoisotopic (exact) mass is 524 g/mol. The van der Waals surface area contributed by atoms with Gasteiger partial charge in [0.15, 0.2) is 15.8 Å². The molecule has 178 valence electrons. The molecule has 0 aliphatic carbocycles. The highest BCUT2D eigenvalue weighted by molar-refractivity contribution is 8.26. The molecule has 0 unspecified atom stereocenters. The van der Waals surface area contributed by atoms with Gasteiger partial charge in [-0.15, -0.1) is 0 Å². The summed E-state index contributed by atoms with van der Waals surface area (Å²) in [6.07, 6.45) is 1.71. The molecule has 1 fully saturated rings. The van der Waals surface area contributed by atoms with E-state index in [0.717, 1.165) is 27.9 Å². The van der Waals surface area contributed by atoms with E-state index in [0.29, 0.717) is 40.2 Å². The van der Waals surface area contributed by atoms with E-state index in [1.807, 2.05) is 55.5 Å². The third-order valence-electron chi connectivity index (χ3n) is 4.92. The van der Waals surface area contributed by atoms with Gasteiger partial charge in [-0.25, -0.2) is 0 Å². The number of rotatable bonds is 8. The standard InChI is InChI=1S/C26H21ClN2O4S2/c1-2-32-22-14-18(8-13-21(22)33-16-17-6-4-3-5-7-17)15-23-25(31)29(26(34)35-23)28-24(30)19-9-11-20(27)12-10-19/h3-15H,2,16H2,1H3,(H,28,30)/b23-15-. The van der Waals surface area contributed by atoms with E-state index < -0.39 is 11.8 Å². The van der Waals surface area contributed by atoms with Gasteiger partial charge in [0, 0.05) is 10.6 Å². The lowest BCUT2D eigenvalue weighted by Gasteiger charge is -2.15. The Morgan fingerprint density at radius 2 is 1.80 bits per heavy atom. The Hall–Kier alpha value is -3.33. The predicted octanol–water partition coefficient (Wildman–Crippen LogP) is 5.86. The van der Waals surface area contributed by atoms with Gasteiger partial charge in [0.1, 0.15) is 6.61 Å². The van der Waals surface area contributed by atoms with Gasteiger partial charge < -0.3 is 9.47 Å². The molecule has 4 rings (SSSR count). The van der Waals surface area contributed by atoms with Crippen LogP contribution in [0.25, 0.3) is 6.08 Å². The largest absolute Gasteiger partial charge is 0.490 e. The average Bonchev–Trinajstić information content (AvgIpc) is 3.12. The fourth-order valence-corrected chi connectivity index (χ4v) is 4.53. The molecule has 0 saturated carbocycles. The summed E-state index contributed by atoms with van der Waals surface area (Å²) in [5.41, 5.74) is 4.70. The van der Waals surface area contributed by atoms with Crippen LogP contribution in [0, 0.1) is 0 Å². The number of hydrogen-bond acceptors (Lipinski definition) is 6. The van der Waals surface area contributed by atoms with Crippen molar-refractivity contribution in [3.63, 3.8) is 0 Å². The van der Waals surface area contributed by atoms with Crippen molar-refractivity contribution in [2.24, 2.45) is 0 Å². The van der Waals surface area contributed by atoms with Crippen LogP contribution in [0.4, 0.5) is 0 Å². The molecule has 0 aromatic heterocycles. The van der Waals surface area contributed by atoms with Crippen LogP contribution in [-0.2, 0) is 11.4 Å². The van der Waals surface area contributed by atoms with Gasteiger partial charge in [-0.05, 0) is 72.7 Å². The van der Waals surface area contributed by atoms with E-state index in [1.165, 1.54) is 0 Å². The van der Waals surface area contributed by atoms with Crippen LogP contribution < -0.4 is 14.9 Å². The Bertz CT molecular complexity index is 1280. The van der Waals surface area contributed by atoms with E-state index in [9.17, 15) is 9.59 Å². The number of nitrogens with zero attached hydrogens (tertiary/aromatic N) is 1. The first kappa shape index (κ1) is 24.8. The Kier molecular flexibility index (Phi) is 8.07. The maximum Gasteiger partial charge on any atom is 0.285 e. The lowest BCUT2D eigenvalue weighted by Crippen LogP contribution is -2.44. The molecule has 1 saturated heterocycles. The van der Waals surface area contributed by atoms with Gasteiger partial charge in [-0.1, -0.05) is 59.8 Å². The zero-order valence-electron chi connectivity index (χ0n) is 18.7. The fourth-order valence-electron chi connectivity index (χ4n) is 3.22. The van der Waals surface area contributed by atoms with Gasteiger partial charge in [-0.3, -0.25) is 15.0 Å². The second-order valence-electron chi connectivity index (χ2n) is 7.38. The summed E-state index contributed by atoms with van der Waals surface area (Å²) in [4.78, 5) is 25.8. The molecule has 9 heteroatoms. The molecule has 0 radical (unpaired) electrons. The molecule has 1 aliphatic heterocycles. The molecule has 35 heavy (non-hydrogen) atoms. The summed E-state index contributed by atoms with van der Waals surface area (Å²) in [6, 6.07) is 21.6. The Morgan fingerprint density at radius 3 is 2.51 bits per heavy atom. The number of thiocarbonyl (C=S) groups is 1. The van der Waals surface area contributed by atoms with Crippen molar-refractivity contribution in [2.75, 3.05) is 6.61 Å². The van der Waals surface area contributed by atoms with E-state index in [2.05, 4.69) is 5.43 Å². The van der Waals surface area contributed by atoms with E-state index in [-0.39, 0.29) is 4.32 Å². The van der Waals surface area contributed by atoms with Crippen LogP contribution in [0.2, 0.25) is 5.02 Å². The van der Waals surface area contributed by atoms with Crippen LogP contribution >= 0.6 is 35.6 Å². The van der Waals surface area contributed by atoms with Crippen molar-refractivity contribution in [1.82, 2.24) is 10.4 Å². The number of hydrogen-bond donors (Lipinski definition) is 1. The van der Waals surface area contributed by atoms with Gasteiger partial charge in [0.2, 0.25) is 0 Å². The highest BCUT2D eigenvalue weighted by Gasteiger charge is 2.33. The second kappa shape index (κ2) is 11.4. The van der Waals surface area contributed by atoms with Crippen LogP contribution in [0.3, 0.4) is 0 Å². The third kappa shape index (κ3) is 6.22. The Labute approximate surface area is 217 Å². The molecule has 1 heterocycles. The van der Waals surface area contributed by atoms with E-state index >= 15 is 0 Å². The molecular formula is C26H21ClN2O4S2. The number of amides is 2. The van der Waals surface area contributed by atoms with Gasteiger partial charge in [0.05, 0.1) is 11.5 Å². The molecule has 0 bridgehead atoms. The first-order chi connectivity index (χ1) is 16.9. The number of ether oxygens (including phenoxy) is 2. The number of thioether (sulfide) groups is 1. The van der Waals surface area contributed by atoms with E-state index in [1.54, 1.807) is 30.3 Å².